The number of carbonyl (C=O) groups excluding carboxylic acids is 3. The molecule has 8 nitrogen and oxygen atoms in total. The maximum Gasteiger partial charge on any atom is 0.262 e. The maximum atomic E-state index is 12.7. The number of carbonyl (C=O) groups is 3. The van der Waals surface area contributed by atoms with Crippen LogP contribution < -0.4 is 10.6 Å². The Balaban J connectivity index is 1.13. The number of aliphatic imine (C=N–C) groups is 1. The molecule has 180 valence electrons. The second-order valence-corrected chi connectivity index (χ2v) is 9.91. The summed E-state index contributed by atoms with van der Waals surface area (Å²) in [6.45, 7) is 3.69. The average Bonchev–Trinajstić information content (AvgIpc) is 3.60. The number of likely N-dealkylation sites (tertiary alicyclic amines) is 1. The molecule has 2 atom stereocenters. The molecule has 0 radical (unpaired) electrons. The van der Waals surface area contributed by atoms with Gasteiger partial charge in [0.05, 0.1) is 6.04 Å². The molecule has 35 heavy (non-hydrogen) atoms. The van der Waals surface area contributed by atoms with Crippen molar-refractivity contribution in [3.8, 4) is 0 Å². The molecule has 2 aliphatic rings. The van der Waals surface area contributed by atoms with Gasteiger partial charge >= 0.3 is 0 Å². The van der Waals surface area contributed by atoms with E-state index in [0.717, 1.165) is 42.1 Å². The summed E-state index contributed by atoms with van der Waals surface area (Å²) in [6.07, 6.45) is 2.26. The molecule has 0 saturated carbocycles. The number of para-hydroxylation sites is 1. The van der Waals surface area contributed by atoms with Crippen LogP contribution in [0.15, 0.2) is 64.0 Å². The van der Waals surface area contributed by atoms with Crippen LogP contribution in [-0.4, -0.2) is 46.1 Å². The number of nitrogens with one attached hydrogen (secondary N) is 2. The number of amidine groups is 1. The normalized spacial score (nSPS) is 18.5. The second-order valence-electron chi connectivity index (χ2n) is 8.74. The SMILES string of the molecule is CC(NC(=O)c1ccc(NC(=O)CC2SC(N3CCCC3)=NC2=O)cc1)c1cc2ccccc2o1. The van der Waals surface area contributed by atoms with Crippen LogP contribution in [0.5, 0.6) is 0 Å². The van der Waals surface area contributed by atoms with Gasteiger partial charge in [0, 0.05) is 36.1 Å². The Morgan fingerprint density at radius 2 is 1.89 bits per heavy atom. The van der Waals surface area contributed by atoms with Gasteiger partial charge < -0.3 is 20.0 Å². The molecule has 2 N–H and O–H groups in total. The molecule has 1 fully saturated rings. The number of furan rings is 1. The molecule has 3 heterocycles. The third kappa shape index (κ3) is 5.24. The fraction of sp³-hybridized carbons (Fsp3) is 0.308. The van der Waals surface area contributed by atoms with E-state index in [1.165, 1.54) is 11.8 Å². The molecule has 0 spiro atoms. The largest absolute Gasteiger partial charge is 0.459 e. The molecule has 1 saturated heterocycles. The number of fused-ring (bicyclic) bond motifs is 1. The molecule has 2 aromatic carbocycles. The van der Waals surface area contributed by atoms with E-state index in [9.17, 15) is 14.4 Å². The predicted octanol–water partition coefficient (Wildman–Crippen LogP) is 4.35. The van der Waals surface area contributed by atoms with E-state index >= 15 is 0 Å². The first-order valence-electron chi connectivity index (χ1n) is 11.7. The van der Waals surface area contributed by atoms with Crippen LogP contribution in [0.4, 0.5) is 5.69 Å². The van der Waals surface area contributed by atoms with Gasteiger partial charge in [-0.3, -0.25) is 14.4 Å². The highest BCUT2D eigenvalue weighted by Crippen LogP contribution is 2.29. The fourth-order valence-corrected chi connectivity index (χ4v) is 5.32. The molecule has 0 aliphatic carbocycles. The quantitative estimate of drug-likeness (QED) is 0.533. The molecule has 2 aliphatic heterocycles. The van der Waals surface area contributed by atoms with Crippen LogP contribution in [0.25, 0.3) is 11.0 Å². The van der Waals surface area contributed by atoms with Gasteiger partial charge in [0.15, 0.2) is 5.17 Å². The molecule has 5 rings (SSSR count). The standard InChI is InChI=1S/C26H26N4O4S/c1-16(21-14-18-6-2-3-7-20(18)34-21)27-24(32)17-8-10-19(11-9-17)28-23(31)15-22-25(33)29-26(35-22)30-12-4-5-13-30/h2-3,6-11,14,16,22H,4-5,12-13,15H2,1H3,(H,27,32)(H,28,31). The molecule has 9 heteroatoms. The average molecular weight is 491 g/mol. The van der Waals surface area contributed by atoms with Gasteiger partial charge in [-0.05, 0) is 56.2 Å². The lowest BCUT2D eigenvalue weighted by atomic mass is 10.1. The molecule has 0 bridgehead atoms. The number of thioether (sulfide) groups is 1. The molecular weight excluding hydrogens is 464 g/mol. The van der Waals surface area contributed by atoms with Crippen LogP contribution in [0.1, 0.15) is 48.3 Å². The summed E-state index contributed by atoms with van der Waals surface area (Å²) in [6, 6.07) is 16.0. The van der Waals surface area contributed by atoms with E-state index in [1.807, 2.05) is 37.3 Å². The van der Waals surface area contributed by atoms with Crippen molar-refractivity contribution in [2.75, 3.05) is 18.4 Å². The Morgan fingerprint density at radius 1 is 1.14 bits per heavy atom. The summed E-state index contributed by atoms with van der Waals surface area (Å²) in [5.74, 6) is -0.0721. The summed E-state index contributed by atoms with van der Waals surface area (Å²) in [7, 11) is 0. The number of amides is 3. The van der Waals surface area contributed by atoms with Crippen LogP contribution in [0.3, 0.4) is 0 Å². The molecular formula is C26H26N4O4S. The number of nitrogens with zero attached hydrogens (tertiary/aromatic N) is 2. The Labute approximate surface area is 207 Å². The predicted molar refractivity (Wildman–Crippen MR) is 136 cm³/mol. The van der Waals surface area contributed by atoms with E-state index in [0.29, 0.717) is 17.0 Å². The van der Waals surface area contributed by atoms with Gasteiger partial charge in [-0.15, -0.1) is 0 Å². The van der Waals surface area contributed by atoms with E-state index in [-0.39, 0.29) is 30.2 Å². The minimum absolute atomic E-state index is 0.0571. The summed E-state index contributed by atoms with van der Waals surface area (Å²) in [5, 5.41) is 6.97. The molecule has 1 aromatic heterocycles. The van der Waals surface area contributed by atoms with Gasteiger partial charge in [0.2, 0.25) is 5.91 Å². The van der Waals surface area contributed by atoms with Gasteiger partial charge in [0.1, 0.15) is 16.6 Å². The van der Waals surface area contributed by atoms with Crippen molar-refractivity contribution in [1.29, 1.82) is 0 Å². The summed E-state index contributed by atoms with van der Waals surface area (Å²) >= 11 is 1.37. The van der Waals surface area contributed by atoms with Crippen molar-refractivity contribution in [2.45, 2.75) is 37.5 Å². The van der Waals surface area contributed by atoms with Crippen molar-refractivity contribution in [3.63, 3.8) is 0 Å². The van der Waals surface area contributed by atoms with Crippen molar-refractivity contribution < 1.29 is 18.8 Å². The highest BCUT2D eigenvalue weighted by Gasteiger charge is 2.33. The second kappa shape index (κ2) is 9.95. The lowest BCUT2D eigenvalue weighted by Crippen LogP contribution is -2.26. The lowest BCUT2D eigenvalue weighted by molar-refractivity contribution is -0.121. The third-order valence-electron chi connectivity index (χ3n) is 6.13. The minimum Gasteiger partial charge on any atom is -0.459 e. The zero-order valence-corrected chi connectivity index (χ0v) is 20.1. The Bertz CT molecular complexity index is 1260. The first-order valence-corrected chi connectivity index (χ1v) is 12.6. The topological polar surface area (TPSA) is 104 Å². The molecule has 3 amide bonds. The number of benzene rings is 2. The van der Waals surface area contributed by atoms with Gasteiger partial charge in [-0.1, -0.05) is 30.0 Å². The van der Waals surface area contributed by atoms with Crippen molar-refractivity contribution >= 4 is 51.3 Å². The highest BCUT2D eigenvalue weighted by molar-refractivity contribution is 8.15. The van der Waals surface area contributed by atoms with Crippen LogP contribution in [0, 0.1) is 0 Å². The zero-order chi connectivity index (χ0) is 24.4. The van der Waals surface area contributed by atoms with Gasteiger partial charge in [0.25, 0.3) is 11.8 Å². The van der Waals surface area contributed by atoms with E-state index in [1.54, 1.807) is 24.3 Å². The Morgan fingerprint density at radius 3 is 2.63 bits per heavy atom. The van der Waals surface area contributed by atoms with Crippen LogP contribution >= 0.6 is 11.8 Å². The lowest BCUT2D eigenvalue weighted by Gasteiger charge is -2.16. The molecule has 2 unspecified atom stereocenters. The summed E-state index contributed by atoms with van der Waals surface area (Å²) in [4.78, 5) is 43.7. The van der Waals surface area contributed by atoms with Gasteiger partial charge in [-0.2, -0.15) is 4.99 Å². The first kappa shape index (κ1) is 23.2. The highest BCUT2D eigenvalue weighted by atomic mass is 32.2. The number of anilines is 1. The molecule has 3 aromatic rings. The maximum absolute atomic E-state index is 12.7. The fourth-order valence-electron chi connectivity index (χ4n) is 4.21. The third-order valence-corrected chi connectivity index (χ3v) is 7.34. The first-order chi connectivity index (χ1) is 17.0. The number of hydrogen-bond donors (Lipinski definition) is 2. The Hall–Kier alpha value is -3.59. The summed E-state index contributed by atoms with van der Waals surface area (Å²) < 4.78 is 5.83. The smallest absolute Gasteiger partial charge is 0.262 e. The monoisotopic (exact) mass is 490 g/mol. The number of hydrogen-bond acceptors (Lipinski definition) is 6. The minimum atomic E-state index is -0.490. The zero-order valence-electron chi connectivity index (χ0n) is 19.3. The van der Waals surface area contributed by atoms with Gasteiger partial charge in [-0.25, -0.2) is 0 Å². The van der Waals surface area contributed by atoms with Crippen molar-refractivity contribution in [3.05, 3.63) is 65.9 Å². The van der Waals surface area contributed by atoms with E-state index < -0.39 is 5.25 Å². The summed E-state index contributed by atoms with van der Waals surface area (Å²) in [5.41, 5.74) is 1.81. The van der Waals surface area contributed by atoms with Crippen molar-refractivity contribution in [1.82, 2.24) is 10.2 Å². The Kier molecular flexibility index (Phi) is 6.59. The number of rotatable bonds is 6. The van der Waals surface area contributed by atoms with Crippen LogP contribution in [-0.2, 0) is 9.59 Å². The van der Waals surface area contributed by atoms with E-state index in [2.05, 4.69) is 20.5 Å². The van der Waals surface area contributed by atoms with E-state index in [4.69, 9.17) is 4.42 Å². The van der Waals surface area contributed by atoms with Crippen molar-refractivity contribution in [2.24, 2.45) is 4.99 Å². The van der Waals surface area contributed by atoms with Crippen LogP contribution in [0.2, 0.25) is 0 Å².